The number of benzene rings is 3. The van der Waals surface area contributed by atoms with E-state index >= 15 is 0 Å². The zero-order valence-corrected chi connectivity index (χ0v) is 16.2. The highest BCUT2D eigenvalue weighted by Gasteiger charge is 2.22. The van der Waals surface area contributed by atoms with Gasteiger partial charge in [-0.2, -0.15) is 0 Å². The third kappa shape index (κ3) is 3.57. The average molecular weight is 398 g/mol. The third-order valence-electron chi connectivity index (χ3n) is 5.03. The molecule has 3 aromatic carbocycles. The Morgan fingerprint density at radius 2 is 1.67 bits per heavy atom. The van der Waals surface area contributed by atoms with Gasteiger partial charge in [-0.25, -0.2) is 9.37 Å². The second-order valence-corrected chi connectivity index (χ2v) is 7.01. The van der Waals surface area contributed by atoms with E-state index in [1.807, 2.05) is 48.5 Å². The monoisotopic (exact) mass is 398 g/mol. The highest BCUT2D eigenvalue weighted by atomic mass is 19.1. The normalized spacial score (nSPS) is 12.9. The molecule has 0 unspecified atom stereocenters. The lowest BCUT2D eigenvalue weighted by molar-refractivity contribution is 0.0783. The number of aromatic nitrogens is 1. The summed E-state index contributed by atoms with van der Waals surface area (Å²) in [5.41, 5.74) is 4.55. The Morgan fingerprint density at radius 1 is 0.900 bits per heavy atom. The molecule has 0 atom stereocenters. The van der Waals surface area contributed by atoms with Gasteiger partial charge in [-0.1, -0.05) is 48.5 Å². The summed E-state index contributed by atoms with van der Waals surface area (Å²) in [5.74, 6) is 0.368. The molecule has 30 heavy (non-hydrogen) atoms. The van der Waals surface area contributed by atoms with Crippen molar-refractivity contribution >= 4 is 16.6 Å². The van der Waals surface area contributed by atoms with Gasteiger partial charge < -0.3 is 14.4 Å². The summed E-state index contributed by atoms with van der Waals surface area (Å²) in [5, 5.41) is 0.996. The van der Waals surface area contributed by atoms with Crippen LogP contribution in [0.25, 0.3) is 22.2 Å². The van der Waals surface area contributed by atoms with Gasteiger partial charge in [0.1, 0.15) is 12.1 Å². The lowest BCUT2D eigenvalue weighted by atomic mass is 10.1. The van der Waals surface area contributed by atoms with Crippen LogP contribution in [0.5, 0.6) is 0 Å². The highest BCUT2D eigenvalue weighted by Crippen LogP contribution is 2.35. The van der Waals surface area contributed by atoms with Crippen LogP contribution in [-0.2, 0) is 16.0 Å². The molecule has 0 saturated heterocycles. The van der Waals surface area contributed by atoms with Crippen molar-refractivity contribution in [1.29, 1.82) is 0 Å². The number of hydrogen-bond acceptors (Lipinski definition) is 4. The predicted octanol–water partition coefficient (Wildman–Crippen LogP) is 5.85. The van der Waals surface area contributed by atoms with E-state index in [0.29, 0.717) is 12.4 Å². The molecule has 5 rings (SSSR count). The second-order valence-electron chi connectivity index (χ2n) is 7.01. The zero-order valence-electron chi connectivity index (χ0n) is 16.2. The molecule has 1 aliphatic heterocycles. The Morgan fingerprint density at radius 3 is 2.43 bits per heavy atom. The number of anilines is 1. The van der Waals surface area contributed by atoms with Crippen molar-refractivity contribution in [3.05, 3.63) is 108 Å². The topological polar surface area (TPSA) is 34.6 Å². The van der Waals surface area contributed by atoms with E-state index in [4.69, 9.17) is 14.5 Å². The number of ether oxygens (including phenoxy) is 2. The first-order chi connectivity index (χ1) is 14.8. The van der Waals surface area contributed by atoms with Gasteiger partial charge in [0.15, 0.2) is 0 Å². The van der Waals surface area contributed by atoms with Crippen LogP contribution in [0, 0.1) is 5.82 Å². The number of nitrogens with zero attached hydrogens (tertiary/aromatic N) is 2. The van der Waals surface area contributed by atoms with Gasteiger partial charge in [0, 0.05) is 10.9 Å². The van der Waals surface area contributed by atoms with Gasteiger partial charge in [0.05, 0.1) is 23.4 Å². The fourth-order valence-electron chi connectivity index (χ4n) is 3.57. The van der Waals surface area contributed by atoms with E-state index in [2.05, 4.69) is 17.0 Å². The maximum atomic E-state index is 13.4. The maximum Gasteiger partial charge on any atom is 0.233 e. The molecule has 4 aromatic rings. The fraction of sp³-hybridized carbons (Fsp3) is 0.0800. The number of para-hydroxylation sites is 1. The van der Waals surface area contributed by atoms with Crippen molar-refractivity contribution < 1.29 is 13.9 Å². The van der Waals surface area contributed by atoms with Crippen molar-refractivity contribution in [1.82, 2.24) is 4.98 Å². The van der Waals surface area contributed by atoms with Crippen LogP contribution in [0.1, 0.15) is 5.56 Å². The summed E-state index contributed by atoms with van der Waals surface area (Å²) in [6, 6.07) is 26.6. The quantitative estimate of drug-likeness (QED) is 0.422. The largest absolute Gasteiger partial charge is 0.459 e. The predicted molar refractivity (Wildman–Crippen MR) is 115 cm³/mol. The van der Waals surface area contributed by atoms with Crippen LogP contribution in [0.15, 0.2) is 97.1 Å². The van der Waals surface area contributed by atoms with Crippen LogP contribution in [0.2, 0.25) is 0 Å². The summed E-state index contributed by atoms with van der Waals surface area (Å²) < 4.78 is 24.5. The maximum absolute atomic E-state index is 13.4. The Labute approximate surface area is 173 Å². The number of halogens is 1. The lowest BCUT2D eigenvalue weighted by Gasteiger charge is -2.26. The van der Waals surface area contributed by atoms with Gasteiger partial charge in [-0.05, 0) is 42.0 Å². The van der Waals surface area contributed by atoms with Crippen molar-refractivity contribution in [2.24, 2.45) is 0 Å². The first-order valence-corrected chi connectivity index (χ1v) is 9.70. The van der Waals surface area contributed by atoms with Gasteiger partial charge in [-0.3, -0.25) is 0 Å². The molecule has 2 heterocycles. The number of pyridine rings is 1. The van der Waals surface area contributed by atoms with Crippen LogP contribution >= 0.6 is 0 Å². The summed E-state index contributed by atoms with van der Waals surface area (Å²) >= 11 is 0. The molecule has 0 amide bonds. The Hall–Kier alpha value is -3.86. The third-order valence-corrected chi connectivity index (χ3v) is 5.03. The van der Waals surface area contributed by atoms with Crippen LogP contribution in [0.4, 0.5) is 10.1 Å². The standard InChI is InChI=1S/C25H19FN2O2/c26-20-12-10-19(11-13-20)23-14-24(21-8-4-5-9-22(21)27-23)28(25-16-29-17-30-25)15-18-6-2-1-3-7-18/h1-14,16H,15,17H2. The number of hydrogen-bond donors (Lipinski definition) is 0. The smallest absolute Gasteiger partial charge is 0.233 e. The molecule has 0 fully saturated rings. The van der Waals surface area contributed by atoms with E-state index in [0.717, 1.165) is 33.4 Å². The molecular formula is C25H19FN2O2. The summed E-state index contributed by atoms with van der Waals surface area (Å²) in [6.07, 6.45) is 1.63. The molecule has 148 valence electrons. The highest BCUT2D eigenvalue weighted by molar-refractivity contribution is 5.94. The summed E-state index contributed by atoms with van der Waals surface area (Å²) in [4.78, 5) is 6.89. The molecule has 0 bridgehead atoms. The average Bonchev–Trinajstić information content (AvgIpc) is 3.33. The molecule has 0 aliphatic carbocycles. The Balaban J connectivity index is 1.68. The summed E-state index contributed by atoms with van der Waals surface area (Å²) in [7, 11) is 0. The molecular weight excluding hydrogens is 379 g/mol. The first kappa shape index (κ1) is 18.2. The molecule has 4 nitrogen and oxygen atoms in total. The van der Waals surface area contributed by atoms with E-state index in [1.54, 1.807) is 18.4 Å². The van der Waals surface area contributed by atoms with Gasteiger partial charge in [0.2, 0.25) is 12.7 Å². The van der Waals surface area contributed by atoms with E-state index < -0.39 is 0 Å². The van der Waals surface area contributed by atoms with Gasteiger partial charge >= 0.3 is 0 Å². The Bertz CT molecular complexity index is 1210. The van der Waals surface area contributed by atoms with Crippen LogP contribution < -0.4 is 4.90 Å². The van der Waals surface area contributed by atoms with Crippen molar-refractivity contribution in [3.63, 3.8) is 0 Å². The molecule has 0 spiro atoms. The molecule has 5 heteroatoms. The second kappa shape index (κ2) is 7.87. The van der Waals surface area contributed by atoms with Gasteiger partial charge in [0.25, 0.3) is 0 Å². The Kier molecular flexibility index (Phi) is 4.77. The number of fused-ring (bicyclic) bond motifs is 1. The molecule has 0 radical (unpaired) electrons. The minimum Gasteiger partial charge on any atom is -0.459 e. The molecule has 1 aromatic heterocycles. The van der Waals surface area contributed by atoms with Crippen molar-refractivity contribution in [2.75, 3.05) is 11.7 Å². The molecule has 0 N–H and O–H groups in total. The first-order valence-electron chi connectivity index (χ1n) is 9.70. The minimum absolute atomic E-state index is 0.189. The van der Waals surface area contributed by atoms with E-state index in [9.17, 15) is 4.39 Å². The zero-order chi connectivity index (χ0) is 20.3. The van der Waals surface area contributed by atoms with Gasteiger partial charge in [-0.15, -0.1) is 0 Å². The van der Waals surface area contributed by atoms with Crippen molar-refractivity contribution in [2.45, 2.75) is 6.54 Å². The van der Waals surface area contributed by atoms with Crippen LogP contribution in [0.3, 0.4) is 0 Å². The molecule has 1 aliphatic rings. The fourth-order valence-corrected chi connectivity index (χ4v) is 3.57. The van der Waals surface area contributed by atoms with Crippen molar-refractivity contribution in [3.8, 4) is 11.3 Å². The van der Waals surface area contributed by atoms with Crippen LogP contribution in [-0.4, -0.2) is 11.8 Å². The summed E-state index contributed by atoms with van der Waals surface area (Å²) in [6.45, 7) is 0.793. The van der Waals surface area contributed by atoms with E-state index in [-0.39, 0.29) is 12.6 Å². The SMILES string of the molecule is Fc1ccc(-c2cc(N(Cc3ccccc3)C3=COCO3)c3ccccc3n2)cc1. The number of rotatable bonds is 5. The minimum atomic E-state index is -0.271. The lowest BCUT2D eigenvalue weighted by Crippen LogP contribution is -2.23. The van der Waals surface area contributed by atoms with E-state index in [1.165, 1.54) is 12.1 Å². The molecule has 0 saturated carbocycles.